The van der Waals surface area contributed by atoms with Crippen LogP contribution in [0.4, 0.5) is 0 Å². The van der Waals surface area contributed by atoms with Crippen molar-refractivity contribution in [2.24, 2.45) is 5.73 Å². The largest absolute Gasteiger partial charge is 1.00 e. The van der Waals surface area contributed by atoms with Gasteiger partial charge in [-0.15, -0.1) is 22.8 Å². The molecule has 1 aliphatic heterocycles. The molecule has 0 aromatic heterocycles. The SMILES string of the molecule is CC1CO[P+](=O)O1.COCC(C)OP(C)(=O)Cl.COCC(C)O[P+](C)=O.ClCl.NC1CCC1.[3H]C(P)OP(=O)(COCC(C)OP(C)(=O)NC1CCC1)OC(C)COP(=O)(Cl)OC(C)COC.[Na+].[OH-]. The number of ether oxygens (including phenoxy) is 4. The molecule has 0 radical (unpaired) electrons. The number of hydrogen-bond donors (Lipinski definition) is 2. The van der Waals surface area contributed by atoms with Crippen LogP contribution < -0.4 is 40.4 Å². The van der Waals surface area contributed by atoms with Crippen molar-refractivity contribution in [1.82, 2.24) is 5.09 Å². The van der Waals surface area contributed by atoms with Crippen LogP contribution in [-0.4, -0.2) is 148 Å². The van der Waals surface area contributed by atoms with Gasteiger partial charge in [0.25, 0.3) is 14.2 Å². The molecule has 34 heteroatoms. The second kappa shape index (κ2) is 46.2. The molecule has 0 bridgehead atoms. The number of nitrogens with one attached hydrogen (secondary N) is 1. The molecule has 3 rings (SSSR count). The Hall–Kier alpha value is 3.07. The predicted octanol–water partition coefficient (Wildman–Crippen LogP) is 8.49. The summed E-state index contributed by atoms with van der Waals surface area (Å²) in [5, 5.41) is 3.01. The molecule has 4 N–H and O–H groups in total. The Balaban J connectivity index is -0.000000312. The minimum absolute atomic E-state index is 0. The zero-order chi connectivity index (χ0) is 52.4. The smallest absolute Gasteiger partial charge is 0.870 e. The molecule has 14 atom stereocenters. The van der Waals surface area contributed by atoms with Crippen molar-refractivity contribution < 1.29 is 123 Å². The molecule has 0 amide bonds. The first-order valence-corrected chi connectivity index (χ1v) is 34.3. The number of methoxy groups -OCH3 is 3. The van der Waals surface area contributed by atoms with E-state index in [0.717, 1.165) is 19.3 Å². The summed E-state index contributed by atoms with van der Waals surface area (Å²) in [5.41, 5.74) is 5.38. The first kappa shape index (κ1) is 77.6. The molecule has 406 valence electrons. The van der Waals surface area contributed by atoms with Crippen molar-refractivity contribution >= 4 is 98.5 Å². The summed E-state index contributed by atoms with van der Waals surface area (Å²) in [7, 11) is 4.68. The van der Waals surface area contributed by atoms with Crippen LogP contribution in [-0.2, 0) is 87.1 Å². The Bertz CT molecular complexity index is 1510. The molecule has 3 fully saturated rings. The Morgan fingerprint density at radius 2 is 1.26 bits per heavy atom. The fourth-order valence-electron chi connectivity index (χ4n) is 4.71. The topological polar surface area (TPSA) is 290 Å². The van der Waals surface area contributed by atoms with E-state index in [2.05, 4.69) is 35.8 Å². The monoisotopic (exact) mass is 1220 g/mol. The van der Waals surface area contributed by atoms with Crippen LogP contribution in [0.1, 0.15) is 81.4 Å². The summed E-state index contributed by atoms with van der Waals surface area (Å²) in [5.74, 6) is 0. The molecular weight excluding hydrogens is 1140 g/mol. The molecule has 2 saturated carbocycles. The second-order valence-electron chi connectivity index (χ2n) is 14.9. The van der Waals surface area contributed by atoms with E-state index >= 15 is 0 Å². The van der Waals surface area contributed by atoms with E-state index in [0.29, 0.717) is 25.9 Å². The van der Waals surface area contributed by atoms with Crippen LogP contribution in [0.15, 0.2) is 0 Å². The first-order chi connectivity index (χ1) is 31.0. The molecule has 1 heterocycles. The van der Waals surface area contributed by atoms with Gasteiger partial charge in [0, 0.05) is 84.3 Å². The van der Waals surface area contributed by atoms with Crippen LogP contribution in [0.3, 0.4) is 0 Å². The van der Waals surface area contributed by atoms with E-state index in [1.165, 1.54) is 53.3 Å². The van der Waals surface area contributed by atoms with E-state index in [9.17, 15) is 27.4 Å². The van der Waals surface area contributed by atoms with Crippen molar-refractivity contribution in [3.05, 3.63) is 0 Å². The summed E-state index contributed by atoms with van der Waals surface area (Å²) in [4.78, 5) is 0. The Kier molecular flexibility index (Phi) is 52.7. The third-order valence-corrected chi connectivity index (χ3v) is 15.3. The summed E-state index contributed by atoms with van der Waals surface area (Å²) >= 11 is 11.1. The van der Waals surface area contributed by atoms with Gasteiger partial charge in [0.05, 0.1) is 65.1 Å². The molecular formula is C34H78Cl4N2NaO20P7+2. The van der Waals surface area contributed by atoms with E-state index < -0.39 is 76.1 Å². The molecule has 22 nitrogen and oxygen atoms in total. The van der Waals surface area contributed by atoms with Crippen molar-refractivity contribution in [3.8, 4) is 0 Å². The van der Waals surface area contributed by atoms with Gasteiger partial charge in [0.15, 0.2) is 6.66 Å². The van der Waals surface area contributed by atoms with Gasteiger partial charge in [-0.2, -0.15) is 0 Å². The molecule has 0 aromatic carbocycles. The normalized spacial score (nSPS) is 22.6. The third kappa shape index (κ3) is 51.2. The molecule has 68 heavy (non-hydrogen) atoms. The van der Waals surface area contributed by atoms with Crippen molar-refractivity contribution in [2.45, 2.75) is 129 Å². The fraction of sp³-hybridized carbons (Fsp3) is 1.00. The zero-order valence-electron chi connectivity index (χ0n) is 42.4. The molecule has 1 saturated heterocycles. The molecule has 2 aliphatic carbocycles. The van der Waals surface area contributed by atoms with E-state index in [-0.39, 0.29) is 79.2 Å². The van der Waals surface area contributed by atoms with Crippen LogP contribution >= 0.6 is 98.5 Å². The molecule has 14 unspecified atom stereocenters. The van der Waals surface area contributed by atoms with Gasteiger partial charge in [-0.05, 0) is 83.0 Å². The number of nitrogens with two attached hydrogens (primary N) is 1. The summed E-state index contributed by atoms with van der Waals surface area (Å²) in [6.45, 7) is 8.97. The van der Waals surface area contributed by atoms with Crippen LogP contribution in [0.5, 0.6) is 0 Å². The first-order valence-electron chi connectivity index (χ1n) is 21.1. The van der Waals surface area contributed by atoms with Gasteiger partial charge in [0.1, 0.15) is 25.2 Å². The average Bonchev–Trinajstić information content (AvgIpc) is 3.53. The number of halogens is 4. The van der Waals surface area contributed by atoms with Gasteiger partial charge >= 0.3 is 60.4 Å². The van der Waals surface area contributed by atoms with Crippen molar-refractivity contribution in [2.75, 3.05) is 93.6 Å². The Labute approximate surface area is 452 Å². The average molecular weight is 1220 g/mol. The van der Waals surface area contributed by atoms with Gasteiger partial charge in [-0.1, -0.05) is 12.8 Å². The predicted molar refractivity (Wildman–Crippen MR) is 269 cm³/mol. The van der Waals surface area contributed by atoms with E-state index in [4.69, 9.17) is 80.2 Å². The minimum atomic E-state index is -3.93. The maximum atomic E-state index is 13.1. The van der Waals surface area contributed by atoms with Gasteiger partial charge < -0.3 is 48.3 Å². The number of hydrogen-bond acceptors (Lipinski definition) is 21. The maximum absolute atomic E-state index is 13.1. The van der Waals surface area contributed by atoms with Gasteiger partial charge in [-0.3, -0.25) is 22.7 Å². The Morgan fingerprint density at radius 1 is 0.809 bits per heavy atom. The number of rotatable bonds is 27. The molecule has 0 spiro atoms. The van der Waals surface area contributed by atoms with E-state index in [1.54, 1.807) is 35.0 Å². The van der Waals surface area contributed by atoms with Crippen LogP contribution in [0, 0.1) is 0 Å². The quantitative estimate of drug-likeness (QED) is 0.0575. The van der Waals surface area contributed by atoms with Crippen molar-refractivity contribution in [3.63, 3.8) is 0 Å². The zero-order valence-corrected chi connectivity index (χ0v) is 53.0. The molecule has 0 aromatic rings. The van der Waals surface area contributed by atoms with Gasteiger partial charge in [0.2, 0.25) is 0 Å². The summed E-state index contributed by atoms with van der Waals surface area (Å²) in [6.07, 6.45) is 2.92. The minimum Gasteiger partial charge on any atom is -0.870 e. The summed E-state index contributed by atoms with van der Waals surface area (Å²) < 4.78 is 142. The molecule has 3 aliphatic rings. The second-order valence-corrected chi connectivity index (χ2v) is 27.4. The van der Waals surface area contributed by atoms with Crippen LogP contribution in [0.2, 0.25) is 0 Å². The van der Waals surface area contributed by atoms with Crippen molar-refractivity contribution in [1.29, 1.82) is 0 Å². The maximum Gasteiger partial charge on any atom is 1.00 e. The van der Waals surface area contributed by atoms with E-state index in [1.807, 2.05) is 23.1 Å². The standard InChI is InChI=1S/C17H38ClNO10P4.C5H12ClO3P.C5H12O3P.C4H9N.C3H6O3P.Cl2.Na.H2O/c1-14(9-23-4)29-33(18,22)25-11-16(3)28-32(21,26-12-30)13-24-10-15(2)27-31(5,20)19-17-7-6-8-17;1-5(4-8-2)9-10(3,6)7;1-5(4-7-2)8-9(3)6;5-4-2-1-3-4;1-3-2-5-7(4)6-3;1-2;;/h14-17H,6-13,30H2,1-5H3,(H,19,20);5H,4H2,1-3H3;5H,4H2,1-3H3;4H,1-3,5H2;3H,2H2,1H3;;;1H2/q;;+1;;+1;;+1;/p-1/i12T;;;;;;;. The fourth-order valence-corrected chi connectivity index (χ4v) is 12.2. The Morgan fingerprint density at radius 3 is 1.62 bits per heavy atom. The summed E-state index contributed by atoms with van der Waals surface area (Å²) in [6, 6.07) is 0.762. The van der Waals surface area contributed by atoms with Gasteiger partial charge in [-0.25, -0.2) is 9.65 Å². The van der Waals surface area contributed by atoms with Crippen LogP contribution in [0.25, 0.3) is 0 Å². The third-order valence-electron chi connectivity index (χ3n) is 7.57.